The molecule has 30 heavy (non-hydrogen) atoms. The molecule has 0 N–H and O–H groups in total. The summed E-state index contributed by atoms with van der Waals surface area (Å²) >= 11 is 6.00. The number of fused-ring (bicyclic) bond motifs is 1. The molecule has 4 aromatic rings. The molecule has 0 radical (unpaired) electrons. The van der Waals surface area contributed by atoms with Crippen LogP contribution in [0.1, 0.15) is 18.4 Å². The van der Waals surface area contributed by atoms with Crippen LogP contribution in [0.4, 0.5) is 4.39 Å². The molecule has 0 atom stereocenters. The standard InChI is InChI=1S/C22H18ClFN4O2/c23-16-6-8-18(9-7-16)28-20-19(21(29)27(22(28)30)12-14-4-5-14)26(13-25-20)11-15-2-1-3-17(24)10-15/h1-3,6-10,13-14H,4-5,11-12H2. The van der Waals surface area contributed by atoms with Crippen molar-refractivity contribution < 1.29 is 4.39 Å². The summed E-state index contributed by atoms with van der Waals surface area (Å²) in [5, 5.41) is 0.547. The number of aromatic nitrogens is 4. The lowest BCUT2D eigenvalue weighted by molar-refractivity contribution is 0.567. The molecule has 0 aliphatic heterocycles. The highest BCUT2D eigenvalue weighted by Crippen LogP contribution is 2.30. The lowest BCUT2D eigenvalue weighted by Gasteiger charge is -2.13. The highest BCUT2D eigenvalue weighted by atomic mass is 35.5. The van der Waals surface area contributed by atoms with Crippen molar-refractivity contribution >= 4 is 22.8 Å². The lowest BCUT2D eigenvalue weighted by Crippen LogP contribution is -2.40. The highest BCUT2D eigenvalue weighted by molar-refractivity contribution is 6.30. The van der Waals surface area contributed by atoms with Crippen LogP contribution in [-0.4, -0.2) is 18.7 Å². The van der Waals surface area contributed by atoms with E-state index in [0.29, 0.717) is 34.3 Å². The van der Waals surface area contributed by atoms with E-state index in [4.69, 9.17) is 11.6 Å². The Morgan fingerprint density at radius 1 is 1.10 bits per heavy atom. The minimum Gasteiger partial charge on any atom is -0.320 e. The Labute approximate surface area is 175 Å². The predicted molar refractivity (Wildman–Crippen MR) is 113 cm³/mol. The van der Waals surface area contributed by atoms with Crippen LogP contribution < -0.4 is 11.2 Å². The first kappa shape index (κ1) is 18.8. The van der Waals surface area contributed by atoms with Gasteiger partial charge < -0.3 is 4.57 Å². The molecule has 1 fully saturated rings. The van der Waals surface area contributed by atoms with E-state index in [1.54, 1.807) is 41.0 Å². The number of rotatable bonds is 5. The Balaban J connectivity index is 1.74. The fourth-order valence-electron chi connectivity index (χ4n) is 3.67. The zero-order valence-corrected chi connectivity index (χ0v) is 16.7. The molecule has 5 rings (SSSR count). The predicted octanol–water partition coefficient (Wildman–Crippen LogP) is 3.60. The Hall–Kier alpha value is -3.19. The van der Waals surface area contributed by atoms with Crippen molar-refractivity contribution in [3.63, 3.8) is 0 Å². The summed E-state index contributed by atoms with van der Waals surface area (Å²) in [6.45, 7) is 0.651. The number of imidazole rings is 1. The van der Waals surface area contributed by atoms with Gasteiger partial charge in [-0.15, -0.1) is 0 Å². The van der Waals surface area contributed by atoms with E-state index in [0.717, 1.165) is 12.8 Å². The normalized spacial score (nSPS) is 13.8. The largest absolute Gasteiger partial charge is 0.337 e. The van der Waals surface area contributed by atoms with E-state index in [-0.39, 0.29) is 23.6 Å². The van der Waals surface area contributed by atoms with Gasteiger partial charge in [-0.05, 0) is 60.7 Å². The molecule has 2 aromatic carbocycles. The van der Waals surface area contributed by atoms with Crippen molar-refractivity contribution in [1.82, 2.24) is 18.7 Å². The molecule has 8 heteroatoms. The third-order valence-electron chi connectivity index (χ3n) is 5.36. The maximum Gasteiger partial charge on any atom is 0.337 e. The monoisotopic (exact) mass is 424 g/mol. The van der Waals surface area contributed by atoms with Crippen LogP contribution in [-0.2, 0) is 13.1 Å². The van der Waals surface area contributed by atoms with Gasteiger partial charge in [0.15, 0.2) is 11.2 Å². The Kier molecular flexibility index (Phi) is 4.55. The lowest BCUT2D eigenvalue weighted by atomic mass is 10.2. The van der Waals surface area contributed by atoms with Gasteiger partial charge in [0.2, 0.25) is 0 Å². The number of hydrogen-bond acceptors (Lipinski definition) is 3. The Morgan fingerprint density at radius 2 is 1.87 bits per heavy atom. The summed E-state index contributed by atoms with van der Waals surface area (Å²) in [6.07, 6.45) is 3.53. The van der Waals surface area contributed by atoms with E-state index in [9.17, 15) is 14.0 Å². The van der Waals surface area contributed by atoms with E-state index in [1.807, 2.05) is 0 Å². The van der Waals surface area contributed by atoms with Crippen LogP contribution in [0.5, 0.6) is 0 Å². The third-order valence-corrected chi connectivity index (χ3v) is 5.62. The van der Waals surface area contributed by atoms with Gasteiger partial charge in [-0.1, -0.05) is 23.7 Å². The van der Waals surface area contributed by atoms with Crippen LogP contribution >= 0.6 is 11.6 Å². The van der Waals surface area contributed by atoms with E-state index in [1.165, 1.54) is 27.6 Å². The fraction of sp³-hybridized carbons (Fsp3) is 0.227. The van der Waals surface area contributed by atoms with Gasteiger partial charge in [0.1, 0.15) is 5.82 Å². The quantitative estimate of drug-likeness (QED) is 0.492. The number of halogens is 2. The third kappa shape index (κ3) is 3.35. The molecule has 2 heterocycles. The van der Waals surface area contributed by atoms with Crippen molar-refractivity contribution in [1.29, 1.82) is 0 Å². The fourth-order valence-corrected chi connectivity index (χ4v) is 3.80. The molecule has 0 saturated heterocycles. The molecule has 0 bridgehead atoms. The second-order valence-corrected chi connectivity index (χ2v) is 8.06. The average Bonchev–Trinajstić information content (AvgIpc) is 3.46. The average molecular weight is 425 g/mol. The van der Waals surface area contributed by atoms with Crippen LogP contribution in [0.2, 0.25) is 5.02 Å². The SMILES string of the molecule is O=c1c2c(ncn2Cc2cccc(F)c2)n(-c2ccc(Cl)cc2)c(=O)n1CC1CC1. The minimum absolute atomic E-state index is 0.270. The Bertz CT molecular complexity index is 1370. The zero-order chi connectivity index (χ0) is 20.8. The second kappa shape index (κ2) is 7.25. The highest BCUT2D eigenvalue weighted by Gasteiger charge is 2.26. The van der Waals surface area contributed by atoms with Gasteiger partial charge in [0, 0.05) is 18.1 Å². The molecule has 1 aliphatic carbocycles. The van der Waals surface area contributed by atoms with E-state index >= 15 is 0 Å². The van der Waals surface area contributed by atoms with Gasteiger partial charge in [0.05, 0.1) is 12.0 Å². The van der Waals surface area contributed by atoms with Crippen molar-refractivity contribution in [2.24, 2.45) is 5.92 Å². The maximum atomic E-state index is 13.6. The smallest absolute Gasteiger partial charge is 0.320 e. The van der Waals surface area contributed by atoms with Gasteiger partial charge in [0.25, 0.3) is 5.56 Å². The summed E-state index contributed by atoms with van der Waals surface area (Å²) in [7, 11) is 0. The summed E-state index contributed by atoms with van der Waals surface area (Å²) in [5.74, 6) is -0.00718. The molecule has 1 aliphatic rings. The summed E-state index contributed by atoms with van der Waals surface area (Å²) < 4.78 is 18.0. The van der Waals surface area contributed by atoms with Crippen molar-refractivity contribution in [3.8, 4) is 5.69 Å². The zero-order valence-electron chi connectivity index (χ0n) is 16.0. The molecule has 1 saturated carbocycles. The number of benzene rings is 2. The summed E-state index contributed by atoms with van der Waals surface area (Å²) in [4.78, 5) is 30.9. The van der Waals surface area contributed by atoms with Crippen LogP contribution in [0, 0.1) is 11.7 Å². The van der Waals surface area contributed by atoms with Crippen molar-refractivity contribution in [3.05, 3.63) is 92.1 Å². The van der Waals surface area contributed by atoms with Crippen LogP contribution in [0.3, 0.4) is 0 Å². The molecule has 2 aromatic heterocycles. The van der Waals surface area contributed by atoms with Crippen LogP contribution in [0.25, 0.3) is 16.9 Å². The van der Waals surface area contributed by atoms with Crippen molar-refractivity contribution in [2.45, 2.75) is 25.9 Å². The van der Waals surface area contributed by atoms with E-state index < -0.39 is 5.69 Å². The molecule has 0 spiro atoms. The summed E-state index contributed by atoms with van der Waals surface area (Å²) in [5.41, 5.74) is 1.07. The molecular formula is C22H18ClFN4O2. The van der Waals surface area contributed by atoms with Crippen molar-refractivity contribution in [2.75, 3.05) is 0 Å². The number of hydrogen-bond donors (Lipinski definition) is 0. The molecule has 0 amide bonds. The first-order chi connectivity index (χ1) is 14.5. The second-order valence-electron chi connectivity index (χ2n) is 7.63. The molecule has 0 unspecified atom stereocenters. The van der Waals surface area contributed by atoms with Gasteiger partial charge >= 0.3 is 5.69 Å². The number of nitrogens with zero attached hydrogens (tertiary/aromatic N) is 4. The molecule has 152 valence electrons. The topological polar surface area (TPSA) is 61.8 Å². The van der Waals surface area contributed by atoms with Gasteiger partial charge in [-0.3, -0.25) is 9.36 Å². The Morgan fingerprint density at radius 3 is 2.57 bits per heavy atom. The maximum absolute atomic E-state index is 13.6. The molecule has 6 nitrogen and oxygen atoms in total. The summed E-state index contributed by atoms with van der Waals surface area (Å²) in [6, 6.07) is 13.0. The van der Waals surface area contributed by atoms with E-state index in [2.05, 4.69) is 4.98 Å². The van der Waals surface area contributed by atoms with Gasteiger partial charge in [-0.25, -0.2) is 18.7 Å². The molecular weight excluding hydrogens is 407 g/mol. The first-order valence-corrected chi connectivity index (χ1v) is 10.1. The minimum atomic E-state index is -0.419. The van der Waals surface area contributed by atoms with Crippen LogP contribution in [0.15, 0.2) is 64.4 Å². The first-order valence-electron chi connectivity index (χ1n) is 9.72. The van der Waals surface area contributed by atoms with Gasteiger partial charge in [-0.2, -0.15) is 0 Å².